The van der Waals surface area contributed by atoms with Crippen molar-refractivity contribution in [2.24, 2.45) is 5.92 Å². The van der Waals surface area contributed by atoms with E-state index in [0.717, 1.165) is 10.9 Å². The Bertz CT molecular complexity index is 306. The van der Waals surface area contributed by atoms with E-state index < -0.39 is 0 Å². The second-order valence-electron chi connectivity index (χ2n) is 4.31. The number of aliphatic hydroxyl groups is 1. The van der Waals surface area contributed by atoms with Gasteiger partial charge in [0.2, 0.25) is 0 Å². The Morgan fingerprint density at radius 2 is 1.81 bits per heavy atom. The molecule has 1 rings (SSSR count). The molecular formula is C13H20BrNO. The standard InChI is InChI=1S/C13H20BrNO/c1-4-10(9-16)13(15(2)3)11-5-7-12(14)8-6-11/h5-8,10,13,16H,4,9H2,1-3H3. The fourth-order valence-electron chi connectivity index (χ4n) is 2.10. The highest BCUT2D eigenvalue weighted by molar-refractivity contribution is 9.10. The van der Waals surface area contributed by atoms with Crippen molar-refractivity contribution in [1.82, 2.24) is 4.90 Å². The zero-order chi connectivity index (χ0) is 12.1. The average molecular weight is 286 g/mol. The number of nitrogens with zero attached hydrogens (tertiary/aromatic N) is 1. The van der Waals surface area contributed by atoms with Gasteiger partial charge < -0.3 is 10.0 Å². The molecule has 0 saturated carbocycles. The minimum atomic E-state index is 0.232. The van der Waals surface area contributed by atoms with Crippen LogP contribution in [0.15, 0.2) is 28.7 Å². The van der Waals surface area contributed by atoms with Crippen molar-refractivity contribution in [2.45, 2.75) is 19.4 Å². The Kier molecular flexibility index (Phi) is 5.46. The number of hydrogen-bond acceptors (Lipinski definition) is 2. The smallest absolute Gasteiger partial charge is 0.0477 e. The van der Waals surface area contributed by atoms with E-state index in [-0.39, 0.29) is 18.6 Å². The van der Waals surface area contributed by atoms with E-state index in [1.165, 1.54) is 5.56 Å². The summed E-state index contributed by atoms with van der Waals surface area (Å²) in [5.74, 6) is 0.288. The van der Waals surface area contributed by atoms with Crippen molar-refractivity contribution < 1.29 is 5.11 Å². The monoisotopic (exact) mass is 285 g/mol. The van der Waals surface area contributed by atoms with Gasteiger partial charge in [-0.2, -0.15) is 0 Å². The Balaban J connectivity index is 2.97. The van der Waals surface area contributed by atoms with E-state index in [2.05, 4.69) is 66.1 Å². The van der Waals surface area contributed by atoms with E-state index in [4.69, 9.17) is 0 Å². The first-order valence-corrected chi connectivity index (χ1v) is 6.42. The van der Waals surface area contributed by atoms with Gasteiger partial charge in [-0.15, -0.1) is 0 Å². The molecule has 0 fully saturated rings. The minimum absolute atomic E-state index is 0.232. The normalized spacial score (nSPS) is 15.1. The summed E-state index contributed by atoms with van der Waals surface area (Å²) in [6.45, 7) is 2.35. The highest BCUT2D eigenvalue weighted by Gasteiger charge is 2.22. The van der Waals surface area contributed by atoms with Gasteiger partial charge in [0.25, 0.3) is 0 Å². The average Bonchev–Trinajstić information content (AvgIpc) is 2.27. The quantitative estimate of drug-likeness (QED) is 0.899. The molecule has 0 radical (unpaired) electrons. The first-order chi connectivity index (χ1) is 7.60. The van der Waals surface area contributed by atoms with Gasteiger partial charge >= 0.3 is 0 Å². The van der Waals surface area contributed by atoms with Crippen LogP contribution in [0.3, 0.4) is 0 Å². The van der Waals surface area contributed by atoms with E-state index in [9.17, 15) is 5.11 Å². The lowest BCUT2D eigenvalue weighted by Gasteiger charge is -2.31. The van der Waals surface area contributed by atoms with Crippen molar-refractivity contribution >= 4 is 15.9 Å². The SMILES string of the molecule is CCC(CO)C(c1ccc(Br)cc1)N(C)C. The van der Waals surface area contributed by atoms with Crippen LogP contribution >= 0.6 is 15.9 Å². The molecule has 1 N–H and O–H groups in total. The molecule has 0 aliphatic rings. The molecule has 2 unspecified atom stereocenters. The van der Waals surface area contributed by atoms with Crippen LogP contribution in [0.4, 0.5) is 0 Å². The van der Waals surface area contributed by atoms with E-state index >= 15 is 0 Å². The first kappa shape index (κ1) is 13.7. The number of benzene rings is 1. The van der Waals surface area contributed by atoms with Crippen molar-refractivity contribution in [1.29, 1.82) is 0 Å². The van der Waals surface area contributed by atoms with Crippen LogP contribution in [0.2, 0.25) is 0 Å². The topological polar surface area (TPSA) is 23.5 Å². The Labute approximate surface area is 106 Å². The number of aliphatic hydroxyl groups excluding tert-OH is 1. The lowest BCUT2D eigenvalue weighted by Crippen LogP contribution is -2.29. The third-order valence-corrected chi connectivity index (χ3v) is 3.50. The van der Waals surface area contributed by atoms with Gasteiger partial charge in [-0.1, -0.05) is 35.0 Å². The van der Waals surface area contributed by atoms with Gasteiger partial charge in [0, 0.05) is 23.0 Å². The predicted molar refractivity (Wildman–Crippen MR) is 71.4 cm³/mol. The Morgan fingerprint density at radius 1 is 1.25 bits per heavy atom. The maximum atomic E-state index is 9.43. The summed E-state index contributed by atoms with van der Waals surface area (Å²) in [4.78, 5) is 2.17. The molecule has 0 heterocycles. The summed E-state index contributed by atoms with van der Waals surface area (Å²) in [6.07, 6.45) is 0.982. The summed E-state index contributed by atoms with van der Waals surface area (Å²) < 4.78 is 1.09. The molecule has 3 heteroatoms. The molecule has 0 aliphatic carbocycles. The van der Waals surface area contributed by atoms with Crippen LogP contribution in [0.25, 0.3) is 0 Å². The van der Waals surface area contributed by atoms with Crippen LogP contribution in [-0.4, -0.2) is 30.7 Å². The maximum Gasteiger partial charge on any atom is 0.0477 e. The largest absolute Gasteiger partial charge is 0.396 e. The van der Waals surface area contributed by atoms with Gasteiger partial charge in [0.15, 0.2) is 0 Å². The molecule has 0 bridgehead atoms. The zero-order valence-corrected chi connectivity index (χ0v) is 11.7. The maximum absolute atomic E-state index is 9.43. The summed E-state index contributed by atoms with van der Waals surface area (Å²) >= 11 is 3.44. The lowest BCUT2D eigenvalue weighted by molar-refractivity contribution is 0.130. The number of halogens is 1. The Morgan fingerprint density at radius 3 is 2.19 bits per heavy atom. The van der Waals surface area contributed by atoms with Gasteiger partial charge in [-0.05, 0) is 38.2 Å². The van der Waals surface area contributed by atoms with Crippen LogP contribution in [0.1, 0.15) is 24.9 Å². The van der Waals surface area contributed by atoms with Crippen molar-refractivity contribution in [3.8, 4) is 0 Å². The lowest BCUT2D eigenvalue weighted by atomic mass is 9.91. The number of hydrogen-bond donors (Lipinski definition) is 1. The van der Waals surface area contributed by atoms with Gasteiger partial charge in [-0.25, -0.2) is 0 Å². The summed E-state index contributed by atoms with van der Waals surface area (Å²) in [5, 5.41) is 9.43. The van der Waals surface area contributed by atoms with Gasteiger partial charge in [0.1, 0.15) is 0 Å². The van der Waals surface area contributed by atoms with Crippen molar-refractivity contribution in [3.63, 3.8) is 0 Å². The summed E-state index contributed by atoms with van der Waals surface area (Å²) in [7, 11) is 4.12. The third-order valence-electron chi connectivity index (χ3n) is 2.97. The van der Waals surface area contributed by atoms with Crippen LogP contribution in [0, 0.1) is 5.92 Å². The van der Waals surface area contributed by atoms with E-state index in [1.807, 2.05) is 0 Å². The van der Waals surface area contributed by atoms with Crippen LogP contribution < -0.4 is 0 Å². The first-order valence-electron chi connectivity index (χ1n) is 5.62. The molecule has 0 saturated heterocycles. The second-order valence-corrected chi connectivity index (χ2v) is 5.23. The van der Waals surface area contributed by atoms with Crippen molar-refractivity contribution in [3.05, 3.63) is 34.3 Å². The molecule has 0 spiro atoms. The molecule has 0 aliphatic heterocycles. The molecule has 0 amide bonds. The van der Waals surface area contributed by atoms with Gasteiger partial charge in [-0.3, -0.25) is 0 Å². The predicted octanol–water partition coefficient (Wildman–Crippen LogP) is 3.07. The van der Waals surface area contributed by atoms with Crippen LogP contribution in [-0.2, 0) is 0 Å². The Hall–Kier alpha value is -0.380. The molecular weight excluding hydrogens is 266 g/mol. The third kappa shape index (κ3) is 3.30. The molecule has 90 valence electrons. The molecule has 2 atom stereocenters. The highest BCUT2D eigenvalue weighted by Crippen LogP contribution is 2.29. The molecule has 16 heavy (non-hydrogen) atoms. The van der Waals surface area contributed by atoms with E-state index in [0.29, 0.717) is 0 Å². The van der Waals surface area contributed by atoms with Crippen LogP contribution in [0.5, 0.6) is 0 Å². The second kappa shape index (κ2) is 6.38. The summed E-state index contributed by atoms with van der Waals surface area (Å²) in [5.41, 5.74) is 1.26. The fourth-order valence-corrected chi connectivity index (χ4v) is 2.37. The molecule has 2 nitrogen and oxygen atoms in total. The molecule has 0 aromatic heterocycles. The van der Waals surface area contributed by atoms with E-state index in [1.54, 1.807) is 0 Å². The number of rotatable bonds is 5. The highest BCUT2D eigenvalue weighted by atomic mass is 79.9. The minimum Gasteiger partial charge on any atom is -0.396 e. The molecule has 1 aromatic carbocycles. The molecule has 1 aromatic rings. The van der Waals surface area contributed by atoms with Crippen molar-refractivity contribution in [2.75, 3.05) is 20.7 Å². The zero-order valence-electron chi connectivity index (χ0n) is 10.2. The van der Waals surface area contributed by atoms with Gasteiger partial charge in [0.05, 0.1) is 0 Å². The fraction of sp³-hybridized carbons (Fsp3) is 0.538. The summed E-state index contributed by atoms with van der Waals surface area (Å²) in [6, 6.07) is 8.62.